The van der Waals surface area contributed by atoms with Crippen LogP contribution in [-0.4, -0.2) is 51.0 Å². The quantitative estimate of drug-likeness (QED) is 0.406. The Labute approximate surface area is 230 Å². The molecule has 1 unspecified atom stereocenters. The maximum atomic E-state index is 14.7. The van der Waals surface area contributed by atoms with Gasteiger partial charge in [0.15, 0.2) is 0 Å². The molecule has 1 atom stereocenters. The van der Waals surface area contributed by atoms with Crippen LogP contribution >= 0.6 is 0 Å². The molecule has 0 spiro atoms. The number of nitrogens with one attached hydrogen (secondary N) is 1. The summed E-state index contributed by atoms with van der Waals surface area (Å²) in [7, 11) is -2.41. The average molecular weight is 554 g/mol. The summed E-state index contributed by atoms with van der Waals surface area (Å²) in [6.45, 7) is 5.38. The van der Waals surface area contributed by atoms with Crippen LogP contribution in [0.15, 0.2) is 78.9 Å². The topological polar surface area (TPSA) is 86.8 Å². The van der Waals surface area contributed by atoms with E-state index in [-0.39, 0.29) is 23.9 Å². The van der Waals surface area contributed by atoms with Crippen LogP contribution in [0.3, 0.4) is 0 Å². The third-order valence-corrected chi connectivity index (χ3v) is 7.66. The van der Waals surface area contributed by atoms with Crippen molar-refractivity contribution in [1.29, 1.82) is 0 Å². The first-order valence-electron chi connectivity index (χ1n) is 12.7. The first-order chi connectivity index (χ1) is 18.3. The van der Waals surface area contributed by atoms with Gasteiger partial charge in [0.2, 0.25) is 21.8 Å². The minimum atomic E-state index is -3.88. The SMILES string of the molecule is CNC(=O)C(Cc1ccccc1)N(Cc1ccccc1F)C(=O)CN(c1ccc(C(C)(C)C)cc1)S(C)(=O)=O. The summed E-state index contributed by atoms with van der Waals surface area (Å²) in [6.07, 6.45) is 1.19. The van der Waals surface area contributed by atoms with Crippen molar-refractivity contribution in [2.45, 2.75) is 45.2 Å². The van der Waals surface area contributed by atoms with Crippen molar-refractivity contribution in [2.24, 2.45) is 0 Å². The Morgan fingerprint density at radius 3 is 2.05 bits per heavy atom. The maximum Gasteiger partial charge on any atom is 0.244 e. The van der Waals surface area contributed by atoms with Gasteiger partial charge in [-0.05, 0) is 34.7 Å². The fourth-order valence-electron chi connectivity index (χ4n) is 4.27. The number of likely N-dealkylation sites (N-methyl/N-ethyl adjacent to an activating group) is 1. The molecule has 2 amide bonds. The second kappa shape index (κ2) is 12.4. The van der Waals surface area contributed by atoms with E-state index in [4.69, 9.17) is 0 Å². The van der Waals surface area contributed by atoms with Crippen LogP contribution in [0.4, 0.5) is 10.1 Å². The second-order valence-electron chi connectivity index (χ2n) is 10.5. The zero-order valence-corrected chi connectivity index (χ0v) is 23.8. The molecule has 0 fully saturated rings. The third kappa shape index (κ3) is 7.89. The van der Waals surface area contributed by atoms with Crippen molar-refractivity contribution in [3.63, 3.8) is 0 Å². The zero-order chi connectivity index (χ0) is 28.8. The van der Waals surface area contributed by atoms with E-state index in [1.165, 1.54) is 24.1 Å². The van der Waals surface area contributed by atoms with Crippen LogP contribution in [0, 0.1) is 5.82 Å². The number of carbonyl (C=O) groups excluding carboxylic acids is 2. The van der Waals surface area contributed by atoms with E-state index in [9.17, 15) is 22.4 Å². The largest absolute Gasteiger partial charge is 0.357 e. The fourth-order valence-corrected chi connectivity index (χ4v) is 5.12. The molecule has 0 aliphatic carbocycles. The molecule has 9 heteroatoms. The Balaban J connectivity index is 2.03. The first-order valence-corrected chi connectivity index (χ1v) is 14.5. The van der Waals surface area contributed by atoms with E-state index in [1.807, 2.05) is 63.2 Å². The van der Waals surface area contributed by atoms with Gasteiger partial charge in [0.05, 0.1) is 11.9 Å². The van der Waals surface area contributed by atoms with Gasteiger partial charge in [-0.25, -0.2) is 12.8 Å². The maximum absolute atomic E-state index is 14.7. The molecule has 3 rings (SSSR count). The van der Waals surface area contributed by atoms with Gasteiger partial charge < -0.3 is 10.2 Å². The summed E-state index contributed by atoms with van der Waals surface area (Å²) in [4.78, 5) is 28.2. The highest BCUT2D eigenvalue weighted by molar-refractivity contribution is 7.92. The number of carbonyl (C=O) groups is 2. The molecule has 0 aliphatic heterocycles. The number of amides is 2. The van der Waals surface area contributed by atoms with Crippen molar-refractivity contribution >= 4 is 27.5 Å². The van der Waals surface area contributed by atoms with Gasteiger partial charge in [-0.2, -0.15) is 0 Å². The lowest BCUT2D eigenvalue weighted by Gasteiger charge is -2.33. The molecule has 0 radical (unpaired) electrons. The molecule has 0 saturated heterocycles. The summed E-state index contributed by atoms with van der Waals surface area (Å²) in [5.74, 6) is -1.60. The molecular formula is C30H36FN3O4S. The van der Waals surface area contributed by atoms with E-state index in [2.05, 4.69) is 5.32 Å². The van der Waals surface area contributed by atoms with Crippen molar-refractivity contribution in [3.05, 3.63) is 101 Å². The number of sulfonamides is 1. The number of nitrogens with zero attached hydrogens (tertiary/aromatic N) is 2. The molecule has 0 aliphatic rings. The van der Waals surface area contributed by atoms with Crippen LogP contribution in [0.5, 0.6) is 0 Å². The molecule has 0 bridgehead atoms. The molecule has 3 aromatic carbocycles. The molecule has 0 saturated carbocycles. The van der Waals surface area contributed by atoms with Gasteiger partial charge in [0.1, 0.15) is 18.4 Å². The predicted molar refractivity (Wildman–Crippen MR) is 152 cm³/mol. The summed E-state index contributed by atoms with van der Waals surface area (Å²) < 4.78 is 41.4. The van der Waals surface area contributed by atoms with E-state index in [0.717, 1.165) is 21.7 Å². The Kier molecular flexibility index (Phi) is 9.50. The molecule has 7 nitrogen and oxygen atoms in total. The lowest BCUT2D eigenvalue weighted by molar-refractivity contribution is -0.139. The monoisotopic (exact) mass is 553 g/mol. The van der Waals surface area contributed by atoms with E-state index in [1.54, 1.807) is 24.3 Å². The van der Waals surface area contributed by atoms with Gasteiger partial charge in [-0.1, -0.05) is 81.4 Å². The highest BCUT2D eigenvalue weighted by Crippen LogP contribution is 2.26. The molecular weight excluding hydrogens is 517 g/mol. The van der Waals surface area contributed by atoms with Crippen LogP contribution in [0.2, 0.25) is 0 Å². The van der Waals surface area contributed by atoms with E-state index in [0.29, 0.717) is 5.69 Å². The summed E-state index contributed by atoms with van der Waals surface area (Å²) >= 11 is 0. The Bertz CT molecular complexity index is 1390. The van der Waals surface area contributed by atoms with E-state index < -0.39 is 40.2 Å². The van der Waals surface area contributed by atoms with Gasteiger partial charge in [0.25, 0.3) is 0 Å². The number of halogens is 1. The number of hydrogen-bond acceptors (Lipinski definition) is 4. The van der Waals surface area contributed by atoms with Crippen LogP contribution in [-0.2, 0) is 38.0 Å². The number of benzene rings is 3. The van der Waals surface area contributed by atoms with Gasteiger partial charge >= 0.3 is 0 Å². The second-order valence-corrected chi connectivity index (χ2v) is 12.4. The zero-order valence-electron chi connectivity index (χ0n) is 23.0. The van der Waals surface area contributed by atoms with Crippen LogP contribution < -0.4 is 9.62 Å². The van der Waals surface area contributed by atoms with Crippen molar-refractivity contribution in [1.82, 2.24) is 10.2 Å². The summed E-state index contributed by atoms with van der Waals surface area (Å²) in [5, 5.41) is 2.60. The molecule has 0 heterocycles. The molecule has 0 aromatic heterocycles. The minimum Gasteiger partial charge on any atom is -0.357 e. The van der Waals surface area contributed by atoms with Crippen molar-refractivity contribution < 1.29 is 22.4 Å². The number of anilines is 1. The van der Waals surface area contributed by atoms with Crippen LogP contribution in [0.1, 0.15) is 37.5 Å². The normalized spacial score (nSPS) is 12.5. The molecule has 39 heavy (non-hydrogen) atoms. The summed E-state index contributed by atoms with van der Waals surface area (Å²) in [5.41, 5.74) is 2.21. The van der Waals surface area contributed by atoms with Gasteiger partial charge in [0, 0.05) is 25.6 Å². The molecule has 1 N–H and O–H groups in total. The van der Waals surface area contributed by atoms with Crippen molar-refractivity contribution in [2.75, 3.05) is 24.2 Å². The van der Waals surface area contributed by atoms with Crippen LogP contribution in [0.25, 0.3) is 0 Å². The average Bonchev–Trinajstić information content (AvgIpc) is 2.89. The molecule has 3 aromatic rings. The third-order valence-electron chi connectivity index (χ3n) is 6.52. The van der Waals surface area contributed by atoms with Gasteiger partial charge in [-0.15, -0.1) is 0 Å². The van der Waals surface area contributed by atoms with Gasteiger partial charge in [-0.3, -0.25) is 13.9 Å². The predicted octanol–water partition coefficient (Wildman–Crippen LogP) is 4.28. The lowest BCUT2D eigenvalue weighted by atomic mass is 9.87. The van der Waals surface area contributed by atoms with E-state index >= 15 is 0 Å². The first kappa shape index (κ1) is 29.8. The standard InChI is InChI=1S/C30H36FN3O4S/c1-30(2,3)24-15-17-25(18-16-24)34(39(5,37)38)21-28(35)33(20-23-13-9-10-14-26(23)31)27(29(36)32-4)19-22-11-7-6-8-12-22/h6-18,27H,19-21H2,1-5H3,(H,32,36). The highest BCUT2D eigenvalue weighted by Gasteiger charge is 2.33. The van der Waals surface area contributed by atoms with Crippen molar-refractivity contribution in [3.8, 4) is 0 Å². The smallest absolute Gasteiger partial charge is 0.244 e. The highest BCUT2D eigenvalue weighted by atomic mass is 32.2. The Morgan fingerprint density at radius 1 is 0.923 bits per heavy atom. The Hall–Kier alpha value is -3.72. The summed E-state index contributed by atoms with van der Waals surface area (Å²) in [6, 6.07) is 21.2. The minimum absolute atomic E-state index is 0.140. The Morgan fingerprint density at radius 2 is 1.51 bits per heavy atom. The number of rotatable bonds is 10. The lowest BCUT2D eigenvalue weighted by Crippen LogP contribution is -2.53. The fraction of sp³-hybridized carbons (Fsp3) is 0.333. The molecule has 208 valence electrons. The number of hydrogen-bond donors (Lipinski definition) is 1.